The average molecular weight is 142 g/mol. The standard InChI is InChI=1S/C7H10O3/c1-10-7(9)4-2-6(8)3-5-7/h2-4,8-9H,5H2,1H3. The molecular formula is C7H10O3. The van der Waals surface area contributed by atoms with E-state index in [2.05, 4.69) is 0 Å². The Balaban J connectivity index is 2.67. The van der Waals surface area contributed by atoms with Crippen molar-refractivity contribution in [2.75, 3.05) is 7.11 Å². The SMILES string of the molecule is COC1(O)C=CC(O)=CC1. The first-order valence-electron chi connectivity index (χ1n) is 3.02. The minimum Gasteiger partial charge on any atom is -0.508 e. The Kier molecular flexibility index (Phi) is 1.78. The molecule has 0 aromatic carbocycles. The van der Waals surface area contributed by atoms with Gasteiger partial charge in [-0.2, -0.15) is 0 Å². The van der Waals surface area contributed by atoms with Gasteiger partial charge >= 0.3 is 0 Å². The lowest BCUT2D eigenvalue weighted by Crippen LogP contribution is -2.28. The van der Waals surface area contributed by atoms with Gasteiger partial charge in [0.15, 0.2) is 5.79 Å². The smallest absolute Gasteiger partial charge is 0.188 e. The molecule has 0 heterocycles. The third-order valence-electron chi connectivity index (χ3n) is 1.47. The fraction of sp³-hybridized carbons (Fsp3) is 0.429. The molecule has 1 unspecified atom stereocenters. The number of hydrogen-bond acceptors (Lipinski definition) is 3. The van der Waals surface area contributed by atoms with Gasteiger partial charge in [0.25, 0.3) is 0 Å². The van der Waals surface area contributed by atoms with E-state index in [9.17, 15) is 5.11 Å². The van der Waals surface area contributed by atoms with Crippen molar-refractivity contribution in [1.29, 1.82) is 0 Å². The summed E-state index contributed by atoms with van der Waals surface area (Å²) in [5, 5.41) is 18.2. The van der Waals surface area contributed by atoms with Crippen molar-refractivity contribution in [1.82, 2.24) is 0 Å². The van der Waals surface area contributed by atoms with Crippen LogP contribution in [0.5, 0.6) is 0 Å². The highest BCUT2D eigenvalue weighted by molar-refractivity contribution is 5.19. The van der Waals surface area contributed by atoms with Gasteiger partial charge in [0.2, 0.25) is 0 Å². The van der Waals surface area contributed by atoms with Gasteiger partial charge in [0, 0.05) is 13.5 Å². The molecule has 56 valence electrons. The summed E-state index contributed by atoms with van der Waals surface area (Å²) in [5.41, 5.74) is 0. The molecule has 1 rings (SSSR count). The van der Waals surface area contributed by atoms with Crippen LogP contribution in [0.4, 0.5) is 0 Å². The zero-order chi connectivity index (χ0) is 7.61. The summed E-state index contributed by atoms with van der Waals surface area (Å²) >= 11 is 0. The maximum Gasteiger partial charge on any atom is 0.188 e. The monoisotopic (exact) mass is 142 g/mol. The van der Waals surface area contributed by atoms with Crippen LogP contribution in [-0.2, 0) is 4.74 Å². The Bertz CT molecular complexity index is 183. The average Bonchev–Trinajstić information content (AvgIpc) is 1.96. The maximum atomic E-state index is 9.33. The second kappa shape index (κ2) is 2.44. The van der Waals surface area contributed by atoms with E-state index >= 15 is 0 Å². The van der Waals surface area contributed by atoms with Crippen LogP contribution in [-0.4, -0.2) is 23.1 Å². The van der Waals surface area contributed by atoms with Crippen molar-refractivity contribution < 1.29 is 14.9 Å². The van der Waals surface area contributed by atoms with Crippen molar-refractivity contribution in [3.63, 3.8) is 0 Å². The molecule has 10 heavy (non-hydrogen) atoms. The van der Waals surface area contributed by atoms with Crippen LogP contribution in [0, 0.1) is 0 Å². The summed E-state index contributed by atoms with van der Waals surface area (Å²) in [6.45, 7) is 0. The van der Waals surface area contributed by atoms with Gasteiger partial charge in [0.05, 0.1) is 0 Å². The summed E-state index contributed by atoms with van der Waals surface area (Å²) in [7, 11) is 1.42. The van der Waals surface area contributed by atoms with E-state index in [0.29, 0.717) is 6.42 Å². The molecule has 0 saturated heterocycles. The molecule has 0 aromatic rings. The third kappa shape index (κ3) is 1.37. The molecule has 1 aliphatic carbocycles. The number of rotatable bonds is 1. The molecule has 0 aromatic heterocycles. The van der Waals surface area contributed by atoms with Crippen LogP contribution < -0.4 is 0 Å². The summed E-state index contributed by atoms with van der Waals surface area (Å²) in [4.78, 5) is 0. The Morgan fingerprint density at radius 1 is 1.70 bits per heavy atom. The fourth-order valence-corrected chi connectivity index (χ4v) is 0.754. The Labute approximate surface area is 59.2 Å². The molecule has 3 heteroatoms. The molecule has 2 N–H and O–H groups in total. The number of ether oxygens (including phenoxy) is 1. The van der Waals surface area contributed by atoms with E-state index < -0.39 is 5.79 Å². The summed E-state index contributed by atoms with van der Waals surface area (Å²) < 4.78 is 4.74. The van der Waals surface area contributed by atoms with Crippen LogP contribution in [0.2, 0.25) is 0 Å². The maximum absolute atomic E-state index is 9.33. The van der Waals surface area contributed by atoms with Gasteiger partial charge in [0.1, 0.15) is 5.76 Å². The van der Waals surface area contributed by atoms with Crippen molar-refractivity contribution in [3.05, 3.63) is 24.0 Å². The molecule has 0 radical (unpaired) electrons. The summed E-state index contributed by atoms with van der Waals surface area (Å²) in [6, 6.07) is 0. The molecule has 0 fully saturated rings. The first-order chi connectivity index (χ1) is 4.66. The molecule has 0 amide bonds. The molecule has 0 spiro atoms. The van der Waals surface area contributed by atoms with E-state index in [0.717, 1.165) is 0 Å². The number of hydrogen-bond donors (Lipinski definition) is 2. The predicted molar refractivity (Wildman–Crippen MR) is 36.4 cm³/mol. The summed E-state index contributed by atoms with van der Waals surface area (Å²) in [5.74, 6) is -1.05. The molecule has 0 saturated carbocycles. The number of aliphatic hydroxyl groups is 2. The fourth-order valence-electron chi connectivity index (χ4n) is 0.754. The normalized spacial score (nSPS) is 32.0. The number of allylic oxidation sites excluding steroid dienone is 1. The molecule has 0 aliphatic heterocycles. The minimum atomic E-state index is -1.22. The highest BCUT2D eigenvalue weighted by Gasteiger charge is 2.23. The minimum absolute atomic E-state index is 0.168. The van der Waals surface area contributed by atoms with Gasteiger partial charge in [-0.05, 0) is 18.2 Å². The van der Waals surface area contributed by atoms with Gasteiger partial charge in [-0.1, -0.05) is 0 Å². The quantitative estimate of drug-likeness (QED) is 0.530. The Hall–Kier alpha value is -0.800. The van der Waals surface area contributed by atoms with Crippen molar-refractivity contribution in [2.24, 2.45) is 0 Å². The zero-order valence-electron chi connectivity index (χ0n) is 5.74. The van der Waals surface area contributed by atoms with E-state index in [-0.39, 0.29) is 5.76 Å². The van der Waals surface area contributed by atoms with Crippen LogP contribution in [0.3, 0.4) is 0 Å². The summed E-state index contributed by atoms with van der Waals surface area (Å²) in [6.07, 6.45) is 4.63. The van der Waals surface area contributed by atoms with E-state index in [4.69, 9.17) is 9.84 Å². The van der Waals surface area contributed by atoms with Crippen molar-refractivity contribution in [3.8, 4) is 0 Å². The molecule has 0 bridgehead atoms. The van der Waals surface area contributed by atoms with Gasteiger partial charge in [-0.3, -0.25) is 0 Å². The third-order valence-corrected chi connectivity index (χ3v) is 1.47. The Morgan fingerprint density at radius 2 is 2.40 bits per heavy atom. The van der Waals surface area contributed by atoms with E-state index in [1.54, 1.807) is 0 Å². The van der Waals surface area contributed by atoms with Gasteiger partial charge in [-0.15, -0.1) is 0 Å². The Morgan fingerprint density at radius 3 is 2.80 bits per heavy atom. The number of aliphatic hydroxyl groups excluding tert-OH is 1. The van der Waals surface area contributed by atoms with Crippen molar-refractivity contribution in [2.45, 2.75) is 12.2 Å². The molecule has 1 atom stereocenters. The largest absolute Gasteiger partial charge is 0.508 e. The molecular weight excluding hydrogens is 132 g/mol. The second-order valence-electron chi connectivity index (χ2n) is 2.22. The lowest BCUT2D eigenvalue weighted by atomic mass is 10.1. The van der Waals surface area contributed by atoms with Gasteiger partial charge < -0.3 is 14.9 Å². The topological polar surface area (TPSA) is 49.7 Å². The van der Waals surface area contributed by atoms with Gasteiger partial charge in [-0.25, -0.2) is 0 Å². The lowest BCUT2D eigenvalue weighted by Gasteiger charge is -2.23. The van der Waals surface area contributed by atoms with E-state index in [1.165, 1.54) is 25.3 Å². The first-order valence-corrected chi connectivity index (χ1v) is 3.02. The van der Waals surface area contributed by atoms with E-state index in [1.807, 2.05) is 0 Å². The molecule has 1 aliphatic rings. The van der Waals surface area contributed by atoms with Crippen LogP contribution >= 0.6 is 0 Å². The van der Waals surface area contributed by atoms with Crippen LogP contribution in [0.15, 0.2) is 24.0 Å². The van der Waals surface area contributed by atoms with Crippen LogP contribution in [0.1, 0.15) is 6.42 Å². The molecule has 3 nitrogen and oxygen atoms in total. The van der Waals surface area contributed by atoms with Crippen molar-refractivity contribution >= 4 is 0 Å². The highest BCUT2D eigenvalue weighted by atomic mass is 16.6. The number of methoxy groups -OCH3 is 1. The lowest BCUT2D eigenvalue weighted by molar-refractivity contribution is -0.144. The second-order valence-corrected chi connectivity index (χ2v) is 2.22. The zero-order valence-corrected chi connectivity index (χ0v) is 5.74. The first kappa shape index (κ1) is 7.31. The highest BCUT2D eigenvalue weighted by Crippen LogP contribution is 2.19. The predicted octanol–water partition coefficient (Wildman–Crippen LogP) is 0.723. The van der Waals surface area contributed by atoms with Crippen LogP contribution in [0.25, 0.3) is 0 Å².